The second-order valence-corrected chi connectivity index (χ2v) is 5.95. The third-order valence-corrected chi connectivity index (χ3v) is 4.27. The number of imidazole rings is 1. The van der Waals surface area contributed by atoms with Crippen molar-refractivity contribution in [2.75, 3.05) is 7.11 Å². The van der Waals surface area contributed by atoms with Gasteiger partial charge in [0.25, 0.3) is 11.8 Å². The molecule has 0 unspecified atom stereocenters. The van der Waals surface area contributed by atoms with Gasteiger partial charge in [-0.25, -0.2) is 18.3 Å². The van der Waals surface area contributed by atoms with Crippen LogP contribution in [-0.2, 0) is 11.3 Å². The van der Waals surface area contributed by atoms with Gasteiger partial charge in [0.15, 0.2) is 5.65 Å². The molecule has 2 aromatic rings. The zero-order valence-electron chi connectivity index (χ0n) is 11.6. The molecule has 0 bridgehead atoms. The number of carbonyl (C=O) groups is 1. The van der Waals surface area contributed by atoms with E-state index in [4.69, 9.17) is 4.74 Å². The molecule has 0 radical (unpaired) electrons. The van der Waals surface area contributed by atoms with E-state index in [1.54, 1.807) is 0 Å². The predicted molar refractivity (Wildman–Crippen MR) is 76.8 cm³/mol. The third kappa shape index (κ3) is 2.70. The number of carbonyl (C=O) groups excluding carboxylic acids is 1. The van der Waals surface area contributed by atoms with Crippen molar-refractivity contribution in [3.8, 4) is 0 Å². The molecular formula is C13H13BrF2N4O2. The zero-order valence-corrected chi connectivity index (χ0v) is 13.2. The Kier molecular flexibility index (Phi) is 3.85. The SMILES string of the molecule is COCc1nc2c(C(=O)NC3CC(F)(F)C3)ccnn2c1Br. The summed E-state index contributed by atoms with van der Waals surface area (Å²) in [4.78, 5) is 16.6. The minimum Gasteiger partial charge on any atom is -0.378 e. The monoisotopic (exact) mass is 374 g/mol. The minimum absolute atomic E-state index is 0.264. The lowest BCUT2D eigenvalue weighted by molar-refractivity contribution is -0.0901. The second kappa shape index (κ2) is 5.54. The lowest BCUT2D eigenvalue weighted by Crippen LogP contribution is -2.50. The highest BCUT2D eigenvalue weighted by Gasteiger charge is 2.46. The molecule has 2 aromatic heterocycles. The molecule has 1 amide bonds. The van der Waals surface area contributed by atoms with Gasteiger partial charge in [-0.05, 0) is 22.0 Å². The Morgan fingerprint density at radius 2 is 2.32 bits per heavy atom. The maximum absolute atomic E-state index is 12.8. The normalized spacial score (nSPS) is 17.5. The highest BCUT2D eigenvalue weighted by molar-refractivity contribution is 9.10. The van der Waals surface area contributed by atoms with Crippen molar-refractivity contribution in [1.29, 1.82) is 0 Å². The van der Waals surface area contributed by atoms with E-state index < -0.39 is 17.9 Å². The van der Waals surface area contributed by atoms with Gasteiger partial charge in [0.2, 0.25) is 0 Å². The molecule has 0 saturated heterocycles. The molecule has 0 aliphatic heterocycles. The van der Waals surface area contributed by atoms with Gasteiger partial charge >= 0.3 is 0 Å². The molecule has 1 N–H and O–H groups in total. The molecule has 1 fully saturated rings. The molecule has 0 spiro atoms. The van der Waals surface area contributed by atoms with Gasteiger partial charge in [-0.1, -0.05) is 0 Å². The number of methoxy groups -OCH3 is 1. The molecule has 1 saturated carbocycles. The molecule has 1 aliphatic rings. The van der Waals surface area contributed by atoms with Crippen molar-refractivity contribution in [2.45, 2.75) is 31.4 Å². The lowest BCUT2D eigenvalue weighted by Gasteiger charge is -2.35. The number of hydrogen-bond acceptors (Lipinski definition) is 4. The van der Waals surface area contributed by atoms with Crippen molar-refractivity contribution < 1.29 is 18.3 Å². The van der Waals surface area contributed by atoms with E-state index in [2.05, 4.69) is 31.3 Å². The van der Waals surface area contributed by atoms with E-state index in [1.807, 2.05) is 0 Å². The lowest BCUT2D eigenvalue weighted by atomic mass is 9.88. The van der Waals surface area contributed by atoms with Crippen LogP contribution in [0.1, 0.15) is 28.9 Å². The summed E-state index contributed by atoms with van der Waals surface area (Å²) >= 11 is 3.35. The number of aromatic nitrogens is 3. The summed E-state index contributed by atoms with van der Waals surface area (Å²) in [5.74, 6) is -3.11. The quantitative estimate of drug-likeness (QED) is 0.890. The molecule has 0 aromatic carbocycles. The number of fused-ring (bicyclic) bond motifs is 1. The van der Waals surface area contributed by atoms with Gasteiger partial charge in [0.05, 0.1) is 12.2 Å². The topological polar surface area (TPSA) is 68.5 Å². The molecule has 3 rings (SSSR count). The first-order chi connectivity index (χ1) is 10.4. The molecule has 1 aliphatic carbocycles. The molecule has 22 heavy (non-hydrogen) atoms. The first-order valence-corrected chi connectivity index (χ1v) is 7.40. The summed E-state index contributed by atoms with van der Waals surface area (Å²) in [6.45, 7) is 0.264. The van der Waals surface area contributed by atoms with E-state index in [-0.39, 0.29) is 25.0 Å². The fourth-order valence-electron chi connectivity index (χ4n) is 2.40. The number of hydrogen-bond donors (Lipinski definition) is 1. The molecular weight excluding hydrogens is 362 g/mol. The number of alkyl halides is 2. The Balaban J connectivity index is 1.87. The highest BCUT2D eigenvalue weighted by Crippen LogP contribution is 2.37. The molecule has 2 heterocycles. The Labute approximate surface area is 133 Å². The number of nitrogens with zero attached hydrogens (tertiary/aromatic N) is 3. The van der Waals surface area contributed by atoms with Crippen molar-refractivity contribution in [3.63, 3.8) is 0 Å². The van der Waals surface area contributed by atoms with Gasteiger partial charge in [-0.3, -0.25) is 4.79 Å². The second-order valence-electron chi connectivity index (χ2n) is 5.20. The van der Waals surface area contributed by atoms with Gasteiger partial charge < -0.3 is 10.1 Å². The smallest absolute Gasteiger partial charge is 0.255 e. The minimum atomic E-state index is -2.67. The summed E-state index contributed by atoms with van der Waals surface area (Å²) in [6, 6.07) is 1.00. The summed E-state index contributed by atoms with van der Waals surface area (Å²) in [6.07, 6.45) is 0.806. The van der Waals surface area contributed by atoms with Crippen LogP contribution in [0.15, 0.2) is 16.9 Å². The summed E-state index contributed by atoms with van der Waals surface area (Å²) in [5.41, 5.74) is 1.24. The first-order valence-electron chi connectivity index (χ1n) is 6.61. The van der Waals surface area contributed by atoms with Gasteiger partial charge in [0, 0.05) is 32.2 Å². The van der Waals surface area contributed by atoms with Gasteiger partial charge in [-0.2, -0.15) is 5.10 Å². The van der Waals surface area contributed by atoms with Crippen molar-refractivity contribution in [2.24, 2.45) is 0 Å². The van der Waals surface area contributed by atoms with E-state index >= 15 is 0 Å². The summed E-state index contributed by atoms with van der Waals surface area (Å²) in [7, 11) is 1.54. The number of ether oxygens (including phenoxy) is 1. The standard InChI is InChI=1S/C13H13BrF2N4O2/c1-22-6-9-10(14)20-11(19-9)8(2-3-17-20)12(21)18-7-4-13(15,16)5-7/h2-3,7H,4-6H2,1H3,(H,18,21). The van der Waals surface area contributed by atoms with Crippen LogP contribution in [0.5, 0.6) is 0 Å². The van der Waals surface area contributed by atoms with Crippen LogP contribution in [0.3, 0.4) is 0 Å². The zero-order chi connectivity index (χ0) is 15.9. The van der Waals surface area contributed by atoms with Crippen molar-refractivity contribution in [3.05, 3.63) is 28.1 Å². The fraction of sp³-hybridized carbons (Fsp3) is 0.462. The highest BCUT2D eigenvalue weighted by atomic mass is 79.9. The fourth-order valence-corrected chi connectivity index (χ4v) is 2.86. The number of rotatable bonds is 4. The average molecular weight is 375 g/mol. The summed E-state index contributed by atoms with van der Waals surface area (Å²) in [5, 5.41) is 6.71. The Morgan fingerprint density at radius 3 is 2.95 bits per heavy atom. The molecule has 9 heteroatoms. The van der Waals surface area contributed by atoms with Crippen LogP contribution in [0.2, 0.25) is 0 Å². The van der Waals surface area contributed by atoms with Crippen LogP contribution in [-0.4, -0.2) is 39.6 Å². The Bertz CT molecular complexity index is 726. The van der Waals surface area contributed by atoms with E-state index in [0.29, 0.717) is 15.9 Å². The van der Waals surface area contributed by atoms with Crippen LogP contribution in [0, 0.1) is 0 Å². The number of amides is 1. The molecule has 6 nitrogen and oxygen atoms in total. The van der Waals surface area contributed by atoms with Crippen LogP contribution < -0.4 is 5.32 Å². The molecule has 118 valence electrons. The largest absolute Gasteiger partial charge is 0.378 e. The number of nitrogens with one attached hydrogen (secondary N) is 1. The maximum atomic E-state index is 12.8. The average Bonchev–Trinajstić information content (AvgIpc) is 2.74. The Morgan fingerprint density at radius 1 is 1.59 bits per heavy atom. The van der Waals surface area contributed by atoms with E-state index in [1.165, 1.54) is 23.9 Å². The van der Waals surface area contributed by atoms with E-state index in [9.17, 15) is 13.6 Å². The summed E-state index contributed by atoms with van der Waals surface area (Å²) < 4.78 is 32.8. The van der Waals surface area contributed by atoms with E-state index in [0.717, 1.165) is 0 Å². The molecule has 0 atom stereocenters. The van der Waals surface area contributed by atoms with Crippen LogP contribution in [0.25, 0.3) is 5.65 Å². The van der Waals surface area contributed by atoms with Gasteiger partial charge in [0.1, 0.15) is 10.3 Å². The Hall–Kier alpha value is -1.61. The third-order valence-electron chi connectivity index (χ3n) is 3.48. The predicted octanol–water partition coefficient (Wildman–Crippen LogP) is 2.17. The maximum Gasteiger partial charge on any atom is 0.255 e. The van der Waals surface area contributed by atoms with Crippen molar-refractivity contribution in [1.82, 2.24) is 19.9 Å². The first kappa shape index (κ1) is 15.3. The van der Waals surface area contributed by atoms with Crippen LogP contribution in [0.4, 0.5) is 8.78 Å². The van der Waals surface area contributed by atoms with Gasteiger partial charge in [-0.15, -0.1) is 0 Å². The van der Waals surface area contributed by atoms with Crippen LogP contribution >= 0.6 is 15.9 Å². The van der Waals surface area contributed by atoms with Crippen molar-refractivity contribution >= 4 is 27.5 Å². The number of halogens is 3.